The number of halogens is 1. The Labute approximate surface area is 175 Å². The molecule has 0 aliphatic carbocycles. The first-order valence-corrected chi connectivity index (χ1v) is 9.66. The van der Waals surface area contributed by atoms with Gasteiger partial charge in [-0.3, -0.25) is 0 Å². The topological polar surface area (TPSA) is 95.2 Å². The molecule has 0 saturated heterocycles. The molecule has 2 aromatic rings. The Morgan fingerprint density at radius 2 is 1.90 bits per heavy atom. The number of hydrazone groups is 1. The van der Waals surface area contributed by atoms with Crippen LogP contribution in [0.25, 0.3) is 0 Å². The molecule has 0 radical (unpaired) electrons. The fourth-order valence-corrected chi connectivity index (χ4v) is 2.89. The van der Waals surface area contributed by atoms with E-state index in [2.05, 4.69) is 23.5 Å². The summed E-state index contributed by atoms with van der Waals surface area (Å²) in [5.41, 5.74) is 10.1. The van der Waals surface area contributed by atoms with Crippen LogP contribution in [0.2, 0.25) is 5.02 Å². The van der Waals surface area contributed by atoms with Crippen LogP contribution in [0.5, 0.6) is 17.2 Å². The molecule has 0 aliphatic heterocycles. The quantitative estimate of drug-likeness (QED) is 0.342. The molecule has 2 aromatic carbocycles. The van der Waals surface area contributed by atoms with Gasteiger partial charge in [-0.25, -0.2) is 10.2 Å². The molecule has 0 saturated carbocycles. The lowest BCUT2D eigenvalue weighted by atomic mass is 10.1. The van der Waals surface area contributed by atoms with Gasteiger partial charge in [0.1, 0.15) is 5.75 Å². The first kappa shape index (κ1) is 22.4. The van der Waals surface area contributed by atoms with E-state index in [1.54, 1.807) is 12.1 Å². The van der Waals surface area contributed by atoms with Gasteiger partial charge >= 0.3 is 6.03 Å². The Kier molecular flexibility index (Phi) is 8.61. The maximum absolute atomic E-state index is 10.7. The summed E-state index contributed by atoms with van der Waals surface area (Å²) < 4.78 is 17.3. The Morgan fingerprint density at radius 3 is 2.59 bits per heavy atom. The second-order valence-electron chi connectivity index (χ2n) is 6.32. The summed E-state index contributed by atoms with van der Waals surface area (Å²) >= 11 is 6.35. The zero-order chi connectivity index (χ0) is 21.2. The van der Waals surface area contributed by atoms with Gasteiger partial charge in [0, 0.05) is 6.42 Å². The molecule has 2 amide bonds. The van der Waals surface area contributed by atoms with Crippen molar-refractivity contribution in [1.82, 2.24) is 5.43 Å². The molecule has 8 heteroatoms. The molecule has 0 atom stereocenters. The van der Waals surface area contributed by atoms with Crippen molar-refractivity contribution in [2.24, 2.45) is 10.8 Å². The number of carbonyl (C=O) groups excluding carboxylic acids is 1. The number of primary amides is 1. The van der Waals surface area contributed by atoms with Crippen molar-refractivity contribution in [2.45, 2.75) is 27.2 Å². The van der Waals surface area contributed by atoms with Crippen LogP contribution < -0.4 is 25.4 Å². The molecule has 2 rings (SSSR count). The van der Waals surface area contributed by atoms with Crippen molar-refractivity contribution in [3.8, 4) is 17.2 Å². The highest BCUT2D eigenvalue weighted by molar-refractivity contribution is 6.32. The highest BCUT2D eigenvalue weighted by Crippen LogP contribution is 2.36. The van der Waals surface area contributed by atoms with E-state index in [9.17, 15) is 4.79 Å². The van der Waals surface area contributed by atoms with Gasteiger partial charge in [0.25, 0.3) is 0 Å². The number of nitrogens with zero attached hydrogens (tertiary/aromatic N) is 1. The van der Waals surface area contributed by atoms with E-state index in [0.29, 0.717) is 48.3 Å². The third kappa shape index (κ3) is 7.19. The number of benzene rings is 2. The van der Waals surface area contributed by atoms with Crippen LogP contribution in [0.15, 0.2) is 35.4 Å². The van der Waals surface area contributed by atoms with Gasteiger partial charge in [-0.15, -0.1) is 0 Å². The van der Waals surface area contributed by atoms with E-state index in [1.807, 2.05) is 26.0 Å². The molecule has 0 aromatic heterocycles. The summed E-state index contributed by atoms with van der Waals surface area (Å²) in [6.45, 7) is 7.33. The predicted molar refractivity (Wildman–Crippen MR) is 114 cm³/mol. The molecule has 156 valence electrons. The summed E-state index contributed by atoms with van der Waals surface area (Å²) in [6, 6.07) is 8.73. The molecule has 0 aliphatic rings. The fraction of sp³-hybridized carbons (Fsp3) is 0.333. The first-order valence-electron chi connectivity index (χ1n) is 9.28. The molecule has 0 bridgehead atoms. The number of aryl methyl sites for hydroxylation is 2. The van der Waals surface area contributed by atoms with Gasteiger partial charge in [-0.05, 0) is 50.1 Å². The second-order valence-corrected chi connectivity index (χ2v) is 6.72. The van der Waals surface area contributed by atoms with E-state index < -0.39 is 6.03 Å². The maximum Gasteiger partial charge on any atom is 0.332 e. The second kappa shape index (κ2) is 11.2. The number of nitrogens with one attached hydrogen (secondary N) is 1. The Bertz CT molecular complexity index is 871. The number of hydrogen-bond donors (Lipinski definition) is 2. The van der Waals surface area contributed by atoms with E-state index in [1.165, 1.54) is 11.8 Å². The standard InChI is InChI=1S/C21H26ClN3O4/c1-4-27-19-12-16(13-24-25-21(23)26)11-17(22)20(19)29-9-5-8-28-18-7-6-14(2)10-15(18)3/h6-7,10-13H,4-5,8-9H2,1-3H3,(H3,23,25,26)/b24-13+. The van der Waals surface area contributed by atoms with Gasteiger partial charge in [-0.2, -0.15) is 5.10 Å². The zero-order valence-electron chi connectivity index (χ0n) is 16.8. The van der Waals surface area contributed by atoms with Crippen LogP contribution in [0, 0.1) is 13.8 Å². The van der Waals surface area contributed by atoms with Crippen molar-refractivity contribution < 1.29 is 19.0 Å². The predicted octanol–water partition coefficient (Wildman–Crippen LogP) is 4.21. The molecule has 7 nitrogen and oxygen atoms in total. The van der Waals surface area contributed by atoms with Crippen LogP contribution in [0.4, 0.5) is 4.79 Å². The van der Waals surface area contributed by atoms with Crippen LogP contribution in [0.3, 0.4) is 0 Å². The highest BCUT2D eigenvalue weighted by atomic mass is 35.5. The lowest BCUT2D eigenvalue weighted by Crippen LogP contribution is -2.24. The van der Waals surface area contributed by atoms with Gasteiger partial charge in [0.05, 0.1) is 31.1 Å². The molecular weight excluding hydrogens is 394 g/mol. The molecule has 29 heavy (non-hydrogen) atoms. The summed E-state index contributed by atoms with van der Waals surface area (Å²) in [6.07, 6.45) is 2.10. The third-order valence-corrected chi connectivity index (χ3v) is 4.12. The molecule has 0 unspecified atom stereocenters. The summed E-state index contributed by atoms with van der Waals surface area (Å²) in [4.78, 5) is 10.7. The lowest BCUT2D eigenvalue weighted by Gasteiger charge is -2.15. The molecular formula is C21H26ClN3O4. The van der Waals surface area contributed by atoms with Gasteiger partial charge in [0.2, 0.25) is 0 Å². The normalized spacial score (nSPS) is 10.8. The van der Waals surface area contributed by atoms with Crippen molar-refractivity contribution in [2.75, 3.05) is 19.8 Å². The van der Waals surface area contributed by atoms with E-state index in [4.69, 9.17) is 31.5 Å². The molecule has 0 spiro atoms. The Hall–Kier alpha value is -2.93. The monoisotopic (exact) mass is 419 g/mol. The van der Waals surface area contributed by atoms with E-state index >= 15 is 0 Å². The number of amides is 2. The van der Waals surface area contributed by atoms with Crippen LogP contribution in [0.1, 0.15) is 30.0 Å². The molecule has 0 fully saturated rings. The van der Waals surface area contributed by atoms with Gasteiger partial charge in [-0.1, -0.05) is 29.3 Å². The molecule has 3 N–H and O–H groups in total. The fourth-order valence-electron chi connectivity index (χ4n) is 2.61. The zero-order valence-corrected chi connectivity index (χ0v) is 17.6. The number of nitrogens with two attached hydrogens (primary N) is 1. The van der Waals surface area contributed by atoms with Crippen molar-refractivity contribution in [3.05, 3.63) is 52.0 Å². The van der Waals surface area contributed by atoms with Crippen molar-refractivity contribution >= 4 is 23.8 Å². The SMILES string of the molecule is CCOc1cc(/C=N/NC(N)=O)cc(Cl)c1OCCCOc1ccc(C)cc1C. The van der Waals surface area contributed by atoms with Crippen LogP contribution >= 0.6 is 11.6 Å². The lowest BCUT2D eigenvalue weighted by molar-refractivity contribution is 0.235. The minimum atomic E-state index is -0.750. The summed E-state index contributed by atoms with van der Waals surface area (Å²) in [7, 11) is 0. The average molecular weight is 420 g/mol. The number of ether oxygens (including phenoxy) is 3. The Morgan fingerprint density at radius 1 is 1.14 bits per heavy atom. The van der Waals surface area contributed by atoms with Crippen molar-refractivity contribution in [3.63, 3.8) is 0 Å². The van der Waals surface area contributed by atoms with Gasteiger partial charge in [0.15, 0.2) is 11.5 Å². The smallest absolute Gasteiger partial charge is 0.332 e. The number of carbonyl (C=O) groups is 1. The summed E-state index contributed by atoms with van der Waals surface area (Å²) in [5, 5.41) is 4.10. The third-order valence-electron chi connectivity index (χ3n) is 3.84. The number of hydrogen-bond acceptors (Lipinski definition) is 5. The van der Waals surface area contributed by atoms with E-state index in [-0.39, 0.29) is 0 Å². The largest absolute Gasteiger partial charge is 0.493 e. The van der Waals surface area contributed by atoms with Crippen molar-refractivity contribution in [1.29, 1.82) is 0 Å². The Balaban J connectivity index is 1.94. The van der Waals surface area contributed by atoms with Crippen LogP contribution in [-0.2, 0) is 0 Å². The van der Waals surface area contributed by atoms with Crippen LogP contribution in [-0.4, -0.2) is 32.1 Å². The molecule has 0 heterocycles. The highest BCUT2D eigenvalue weighted by Gasteiger charge is 2.12. The summed E-state index contributed by atoms with van der Waals surface area (Å²) in [5.74, 6) is 1.83. The average Bonchev–Trinajstić information content (AvgIpc) is 2.64. The van der Waals surface area contributed by atoms with E-state index in [0.717, 1.165) is 11.3 Å². The van der Waals surface area contributed by atoms with Gasteiger partial charge < -0.3 is 19.9 Å². The first-order chi connectivity index (χ1) is 13.9. The number of rotatable bonds is 10. The minimum Gasteiger partial charge on any atom is -0.493 e. The minimum absolute atomic E-state index is 0.381. The number of urea groups is 1. The maximum atomic E-state index is 10.7.